The molecule has 0 spiro atoms. The highest BCUT2D eigenvalue weighted by atomic mass is 16.2. The maximum Gasteiger partial charge on any atom is 0.328 e. The Hall–Kier alpha value is -2.71. The van der Waals surface area contributed by atoms with Crippen LogP contribution in [0.2, 0.25) is 0 Å². The highest BCUT2D eigenvalue weighted by molar-refractivity contribution is 5.76. The number of aromatic nitrogens is 5. The summed E-state index contributed by atoms with van der Waals surface area (Å²) in [5.41, 5.74) is -0.396. The number of nitrogens with one attached hydrogen (secondary N) is 1. The number of likely N-dealkylation sites (tertiary alicyclic amines) is 1. The van der Waals surface area contributed by atoms with Crippen molar-refractivity contribution in [2.45, 2.75) is 65.0 Å². The third-order valence-corrected chi connectivity index (χ3v) is 7.02. The summed E-state index contributed by atoms with van der Waals surface area (Å²) in [5.74, 6) is 0.568. The lowest BCUT2D eigenvalue weighted by Gasteiger charge is -2.48. The average Bonchev–Trinajstić information content (AvgIpc) is 3.26. The Kier molecular flexibility index (Phi) is 5.87. The number of aromatic amines is 1. The molecule has 1 aliphatic carbocycles. The van der Waals surface area contributed by atoms with Gasteiger partial charge in [-0.05, 0) is 43.9 Å². The standard InChI is InChI=1S/C21H30N6O3/c1-16-11-26(20(30)24-19(16)29)12-18(28)25-9-7-21(8-10-25,13-27-15-22-14-23-27)17-5-3-2-4-6-17/h11,14-15,17H,2-10,12-13H2,1H3,(H,24,29,30). The van der Waals surface area contributed by atoms with E-state index in [0.29, 0.717) is 24.6 Å². The predicted octanol–water partition coefficient (Wildman–Crippen LogP) is 1.33. The van der Waals surface area contributed by atoms with Crippen molar-refractivity contribution in [3.63, 3.8) is 0 Å². The zero-order valence-electron chi connectivity index (χ0n) is 17.5. The number of hydrogen-bond donors (Lipinski definition) is 1. The topological polar surface area (TPSA) is 106 Å². The van der Waals surface area contributed by atoms with E-state index in [4.69, 9.17) is 0 Å². The molecule has 1 saturated heterocycles. The van der Waals surface area contributed by atoms with Gasteiger partial charge in [0.15, 0.2) is 0 Å². The minimum Gasteiger partial charge on any atom is -0.341 e. The highest BCUT2D eigenvalue weighted by Gasteiger charge is 2.43. The number of amides is 1. The van der Waals surface area contributed by atoms with Crippen LogP contribution in [0.3, 0.4) is 0 Å². The van der Waals surface area contributed by atoms with Crippen molar-refractivity contribution in [2.75, 3.05) is 13.1 Å². The molecule has 0 unspecified atom stereocenters. The number of nitrogens with zero attached hydrogens (tertiary/aromatic N) is 5. The van der Waals surface area contributed by atoms with Gasteiger partial charge in [0.1, 0.15) is 19.2 Å². The van der Waals surface area contributed by atoms with Crippen LogP contribution in [-0.2, 0) is 17.9 Å². The lowest BCUT2D eigenvalue weighted by atomic mass is 9.63. The van der Waals surface area contributed by atoms with Crippen LogP contribution in [0.5, 0.6) is 0 Å². The Bertz CT molecular complexity index is 979. The van der Waals surface area contributed by atoms with E-state index < -0.39 is 11.2 Å². The van der Waals surface area contributed by atoms with Crippen LogP contribution in [0.4, 0.5) is 0 Å². The lowest BCUT2D eigenvalue weighted by Crippen LogP contribution is -2.49. The predicted molar refractivity (Wildman–Crippen MR) is 111 cm³/mol. The van der Waals surface area contributed by atoms with Crippen molar-refractivity contribution in [1.29, 1.82) is 0 Å². The molecule has 0 radical (unpaired) electrons. The van der Waals surface area contributed by atoms with Crippen molar-refractivity contribution in [3.8, 4) is 0 Å². The molecule has 4 rings (SSSR count). The summed E-state index contributed by atoms with van der Waals surface area (Å²) < 4.78 is 3.23. The van der Waals surface area contributed by atoms with Crippen LogP contribution in [-0.4, -0.2) is 48.2 Å². The molecule has 2 aliphatic rings. The fourth-order valence-electron chi connectivity index (χ4n) is 5.23. The summed E-state index contributed by atoms with van der Waals surface area (Å²) in [4.78, 5) is 44.7. The average molecular weight is 415 g/mol. The molecule has 0 atom stereocenters. The Morgan fingerprint density at radius 2 is 1.93 bits per heavy atom. The van der Waals surface area contributed by atoms with Crippen LogP contribution in [0.1, 0.15) is 50.5 Å². The van der Waals surface area contributed by atoms with Crippen LogP contribution >= 0.6 is 0 Å². The van der Waals surface area contributed by atoms with Gasteiger partial charge in [0, 0.05) is 31.4 Å². The van der Waals surface area contributed by atoms with E-state index in [-0.39, 0.29) is 17.9 Å². The quantitative estimate of drug-likeness (QED) is 0.794. The molecule has 0 bridgehead atoms. The van der Waals surface area contributed by atoms with E-state index in [0.717, 1.165) is 19.4 Å². The number of carbonyl (C=O) groups excluding carboxylic acids is 1. The molecule has 9 heteroatoms. The summed E-state index contributed by atoms with van der Waals surface area (Å²) in [6.45, 7) is 3.79. The summed E-state index contributed by atoms with van der Waals surface area (Å²) in [6, 6.07) is 0. The minimum atomic E-state index is -0.543. The Labute approximate surface area is 175 Å². The number of hydrogen-bond acceptors (Lipinski definition) is 5. The van der Waals surface area contributed by atoms with E-state index in [1.54, 1.807) is 19.6 Å². The van der Waals surface area contributed by atoms with Crippen molar-refractivity contribution >= 4 is 5.91 Å². The molecule has 3 heterocycles. The zero-order valence-corrected chi connectivity index (χ0v) is 17.5. The van der Waals surface area contributed by atoms with Gasteiger partial charge < -0.3 is 4.90 Å². The second-order valence-electron chi connectivity index (χ2n) is 8.87. The van der Waals surface area contributed by atoms with Gasteiger partial charge in [0.25, 0.3) is 5.56 Å². The molecular formula is C21H30N6O3. The van der Waals surface area contributed by atoms with Gasteiger partial charge in [-0.1, -0.05) is 19.3 Å². The Morgan fingerprint density at radius 1 is 1.20 bits per heavy atom. The molecular weight excluding hydrogens is 384 g/mol. The minimum absolute atomic E-state index is 0.0457. The fraction of sp³-hybridized carbons (Fsp3) is 0.667. The van der Waals surface area contributed by atoms with Gasteiger partial charge in [-0.25, -0.2) is 9.78 Å². The van der Waals surface area contributed by atoms with Gasteiger partial charge in [-0.15, -0.1) is 0 Å². The summed E-state index contributed by atoms with van der Waals surface area (Å²) >= 11 is 0. The maximum absolute atomic E-state index is 12.9. The summed E-state index contributed by atoms with van der Waals surface area (Å²) in [6.07, 6.45) is 13.1. The number of piperidine rings is 1. The number of aryl methyl sites for hydroxylation is 1. The second-order valence-corrected chi connectivity index (χ2v) is 8.87. The third-order valence-electron chi connectivity index (χ3n) is 7.02. The van der Waals surface area contributed by atoms with Gasteiger partial charge in [-0.3, -0.25) is 23.8 Å². The van der Waals surface area contributed by atoms with E-state index in [2.05, 4.69) is 15.1 Å². The van der Waals surface area contributed by atoms with Crippen molar-refractivity contribution in [1.82, 2.24) is 29.2 Å². The molecule has 1 amide bonds. The van der Waals surface area contributed by atoms with E-state index in [1.807, 2.05) is 9.58 Å². The first-order chi connectivity index (χ1) is 14.5. The third kappa shape index (κ3) is 4.24. The van der Waals surface area contributed by atoms with Crippen LogP contribution < -0.4 is 11.2 Å². The summed E-state index contributed by atoms with van der Waals surface area (Å²) in [7, 11) is 0. The molecule has 2 aromatic heterocycles. The summed E-state index contributed by atoms with van der Waals surface area (Å²) in [5, 5.41) is 4.34. The van der Waals surface area contributed by atoms with Crippen LogP contribution in [0.15, 0.2) is 28.4 Å². The number of H-pyrrole nitrogens is 1. The monoisotopic (exact) mass is 414 g/mol. The van der Waals surface area contributed by atoms with Gasteiger partial charge >= 0.3 is 5.69 Å². The molecule has 162 valence electrons. The zero-order chi connectivity index (χ0) is 21.1. The molecule has 1 aliphatic heterocycles. The van der Waals surface area contributed by atoms with E-state index in [1.165, 1.54) is 42.9 Å². The smallest absolute Gasteiger partial charge is 0.328 e. The second kappa shape index (κ2) is 8.57. The molecule has 0 aromatic carbocycles. The van der Waals surface area contributed by atoms with Gasteiger partial charge in [-0.2, -0.15) is 5.10 Å². The fourth-order valence-corrected chi connectivity index (χ4v) is 5.23. The molecule has 2 aromatic rings. The van der Waals surface area contributed by atoms with E-state index in [9.17, 15) is 14.4 Å². The lowest BCUT2D eigenvalue weighted by molar-refractivity contribution is -0.135. The number of carbonyl (C=O) groups is 1. The Balaban J connectivity index is 1.45. The van der Waals surface area contributed by atoms with Crippen LogP contribution in [0.25, 0.3) is 0 Å². The van der Waals surface area contributed by atoms with Gasteiger partial charge in [0.2, 0.25) is 5.91 Å². The Morgan fingerprint density at radius 3 is 2.60 bits per heavy atom. The SMILES string of the molecule is Cc1cn(CC(=O)N2CCC(Cn3cncn3)(C3CCCCC3)CC2)c(=O)[nH]c1=O. The molecule has 9 nitrogen and oxygen atoms in total. The maximum atomic E-state index is 12.9. The molecule has 1 N–H and O–H groups in total. The molecule has 30 heavy (non-hydrogen) atoms. The highest BCUT2D eigenvalue weighted by Crippen LogP contribution is 2.46. The molecule has 1 saturated carbocycles. The first-order valence-corrected chi connectivity index (χ1v) is 10.9. The largest absolute Gasteiger partial charge is 0.341 e. The number of rotatable bonds is 5. The molecule has 2 fully saturated rings. The first-order valence-electron chi connectivity index (χ1n) is 10.9. The van der Waals surface area contributed by atoms with Crippen molar-refractivity contribution < 1.29 is 4.79 Å². The van der Waals surface area contributed by atoms with Crippen LogP contribution in [0, 0.1) is 18.3 Å². The first kappa shape index (κ1) is 20.6. The van der Waals surface area contributed by atoms with Crippen molar-refractivity contribution in [3.05, 3.63) is 45.3 Å². The normalized spacial score (nSPS) is 19.7. The van der Waals surface area contributed by atoms with E-state index >= 15 is 0 Å². The van der Waals surface area contributed by atoms with Crippen molar-refractivity contribution in [2.24, 2.45) is 11.3 Å². The van der Waals surface area contributed by atoms with Gasteiger partial charge in [0.05, 0.1) is 0 Å².